The van der Waals surface area contributed by atoms with Gasteiger partial charge in [0.1, 0.15) is 6.04 Å². The van der Waals surface area contributed by atoms with Crippen LogP contribution in [0.25, 0.3) is 0 Å². The smallest absolute Gasteiger partial charge is 0.327 e. The molecule has 0 aromatic rings. The molecule has 0 aliphatic carbocycles. The van der Waals surface area contributed by atoms with Gasteiger partial charge >= 0.3 is 11.9 Å². The summed E-state index contributed by atoms with van der Waals surface area (Å²) in [5, 5.41) is 18.3. The van der Waals surface area contributed by atoms with Crippen LogP contribution in [0.2, 0.25) is 0 Å². The molecule has 6 heteroatoms. The Labute approximate surface area is 144 Å². The van der Waals surface area contributed by atoms with Gasteiger partial charge in [-0.2, -0.15) is 0 Å². The lowest BCUT2D eigenvalue weighted by molar-refractivity contribution is -0.152. The Morgan fingerprint density at radius 1 is 0.917 bits per heavy atom. The number of aliphatic carboxylic acids is 2. The van der Waals surface area contributed by atoms with Crippen LogP contribution in [0.4, 0.5) is 0 Å². The lowest BCUT2D eigenvalue weighted by Gasteiger charge is -2.23. The molecule has 0 aromatic heterocycles. The summed E-state index contributed by atoms with van der Waals surface area (Å²) in [5.41, 5.74) is 0. The van der Waals surface area contributed by atoms with Gasteiger partial charge in [0, 0.05) is 13.0 Å². The molecule has 1 aliphatic heterocycles. The predicted molar refractivity (Wildman–Crippen MR) is 90.7 cm³/mol. The van der Waals surface area contributed by atoms with Crippen molar-refractivity contribution in [3.63, 3.8) is 0 Å². The van der Waals surface area contributed by atoms with E-state index in [1.54, 1.807) is 0 Å². The lowest BCUT2D eigenvalue weighted by atomic mass is 10.0. The van der Waals surface area contributed by atoms with Crippen LogP contribution >= 0.6 is 0 Å². The standard InChI is InChI=1S/C18H31NO5/c1-2-3-4-5-6-7-8-9-10-11-12-19-15(20)13-14(17(21)22)16(19)18(23)24/h14,16H,2-13H2,1H3,(H,21,22)(H,23,24). The number of amides is 1. The van der Waals surface area contributed by atoms with Crippen molar-refractivity contribution >= 4 is 17.8 Å². The Morgan fingerprint density at radius 2 is 1.42 bits per heavy atom. The van der Waals surface area contributed by atoms with Gasteiger partial charge < -0.3 is 15.1 Å². The van der Waals surface area contributed by atoms with Gasteiger partial charge in [0.2, 0.25) is 5.91 Å². The fourth-order valence-corrected chi connectivity index (χ4v) is 3.35. The van der Waals surface area contributed by atoms with Crippen molar-refractivity contribution in [2.45, 2.75) is 83.6 Å². The minimum atomic E-state index is -1.22. The van der Waals surface area contributed by atoms with E-state index in [0.29, 0.717) is 6.54 Å². The van der Waals surface area contributed by atoms with Crippen LogP contribution in [-0.4, -0.2) is 45.5 Å². The quantitative estimate of drug-likeness (QED) is 0.501. The molecule has 2 unspecified atom stereocenters. The van der Waals surface area contributed by atoms with Crippen molar-refractivity contribution in [1.29, 1.82) is 0 Å². The van der Waals surface area contributed by atoms with E-state index in [0.717, 1.165) is 19.3 Å². The molecule has 1 rings (SSSR count). The van der Waals surface area contributed by atoms with Gasteiger partial charge in [-0.15, -0.1) is 0 Å². The molecule has 1 aliphatic rings. The fourth-order valence-electron chi connectivity index (χ4n) is 3.35. The highest BCUT2D eigenvalue weighted by Crippen LogP contribution is 2.26. The van der Waals surface area contributed by atoms with E-state index in [1.807, 2.05) is 0 Å². The van der Waals surface area contributed by atoms with E-state index in [4.69, 9.17) is 5.11 Å². The Bertz CT molecular complexity index is 424. The van der Waals surface area contributed by atoms with Crippen LogP contribution in [0.5, 0.6) is 0 Å². The van der Waals surface area contributed by atoms with Crippen molar-refractivity contribution in [2.75, 3.05) is 6.54 Å². The molecule has 1 fully saturated rings. The van der Waals surface area contributed by atoms with Crippen LogP contribution in [0.15, 0.2) is 0 Å². The Balaban J connectivity index is 2.20. The average molecular weight is 341 g/mol. The summed E-state index contributed by atoms with van der Waals surface area (Å²) in [7, 11) is 0. The van der Waals surface area contributed by atoms with Crippen LogP contribution in [-0.2, 0) is 14.4 Å². The van der Waals surface area contributed by atoms with Crippen molar-refractivity contribution in [1.82, 2.24) is 4.90 Å². The molecule has 0 radical (unpaired) electrons. The summed E-state index contributed by atoms with van der Waals surface area (Å²) < 4.78 is 0. The molecular weight excluding hydrogens is 310 g/mol. The van der Waals surface area contributed by atoms with Crippen LogP contribution in [0.3, 0.4) is 0 Å². The maximum atomic E-state index is 11.9. The van der Waals surface area contributed by atoms with Gasteiger partial charge in [0.25, 0.3) is 0 Å². The summed E-state index contributed by atoms with van der Waals surface area (Å²) in [6.45, 7) is 2.55. The normalized spacial score (nSPS) is 20.5. The molecule has 2 atom stereocenters. The second-order valence-corrected chi connectivity index (χ2v) is 6.70. The fraction of sp³-hybridized carbons (Fsp3) is 0.833. The number of carbonyl (C=O) groups is 3. The first kappa shape index (κ1) is 20.5. The number of unbranched alkanes of at least 4 members (excludes halogenated alkanes) is 9. The van der Waals surface area contributed by atoms with Gasteiger partial charge in [-0.25, -0.2) is 4.79 Å². The summed E-state index contributed by atoms with van der Waals surface area (Å²) in [5.74, 6) is -3.91. The number of likely N-dealkylation sites (tertiary alicyclic amines) is 1. The zero-order valence-electron chi connectivity index (χ0n) is 14.7. The molecule has 0 aromatic carbocycles. The van der Waals surface area contributed by atoms with Crippen LogP contribution in [0, 0.1) is 5.92 Å². The molecule has 1 heterocycles. The van der Waals surface area contributed by atoms with Crippen LogP contribution < -0.4 is 0 Å². The number of rotatable bonds is 13. The molecule has 2 N–H and O–H groups in total. The van der Waals surface area contributed by atoms with Gasteiger partial charge in [-0.3, -0.25) is 9.59 Å². The monoisotopic (exact) mass is 341 g/mol. The van der Waals surface area contributed by atoms with Crippen molar-refractivity contribution in [3.05, 3.63) is 0 Å². The third-order valence-corrected chi connectivity index (χ3v) is 4.75. The SMILES string of the molecule is CCCCCCCCCCCCN1C(=O)CC(C(=O)O)C1C(=O)O. The second-order valence-electron chi connectivity index (χ2n) is 6.70. The van der Waals surface area contributed by atoms with E-state index >= 15 is 0 Å². The first-order valence-electron chi connectivity index (χ1n) is 9.24. The zero-order chi connectivity index (χ0) is 17.9. The molecule has 6 nitrogen and oxygen atoms in total. The van der Waals surface area contributed by atoms with E-state index in [-0.39, 0.29) is 12.3 Å². The summed E-state index contributed by atoms with van der Waals surface area (Å²) in [6, 6.07) is -1.21. The summed E-state index contributed by atoms with van der Waals surface area (Å²) >= 11 is 0. The number of hydrogen-bond donors (Lipinski definition) is 2. The topological polar surface area (TPSA) is 94.9 Å². The van der Waals surface area contributed by atoms with Crippen molar-refractivity contribution in [2.24, 2.45) is 5.92 Å². The molecule has 0 spiro atoms. The number of hydrogen-bond acceptors (Lipinski definition) is 3. The first-order chi connectivity index (χ1) is 11.5. The molecular formula is C18H31NO5. The van der Waals surface area contributed by atoms with Gasteiger partial charge in [0.15, 0.2) is 0 Å². The summed E-state index contributed by atoms with van der Waals surface area (Å²) in [4.78, 5) is 35.5. The van der Waals surface area contributed by atoms with Crippen molar-refractivity contribution in [3.8, 4) is 0 Å². The minimum absolute atomic E-state index is 0.204. The Kier molecular flexibility index (Phi) is 9.42. The number of carbonyl (C=O) groups excluding carboxylic acids is 1. The predicted octanol–water partition coefficient (Wildman–Crippen LogP) is 3.29. The third kappa shape index (κ3) is 6.49. The minimum Gasteiger partial charge on any atom is -0.481 e. The maximum absolute atomic E-state index is 11.9. The highest BCUT2D eigenvalue weighted by atomic mass is 16.4. The Morgan fingerprint density at radius 3 is 1.88 bits per heavy atom. The number of nitrogens with zero attached hydrogens (tertiary/aromatic N) is 1. The van der Waals surface area contributed by atoms with Gasteiger partial charge in [0.05, 0.1) is 5.92 Å². The largest absolute Gasteiger partial charge is 0.481 e. The van der Waals surface area contributed by atoms with E-state index in [1.165, 1.54) is 49.8 Å². The Hall–Kier alpha value is -1.59. The lowest BCUT2D eigenvalue weighted by Crippen LogP contribution is -2.43. The number of carboxylic acids is 2. The first-order valence-corrected chi connectivity index (χ1v) is 9.24. The zero-order valence-corrected chi connectivity index (χ0v) is 14.7. The molecule has 1 saturated heterocycles. The van der Waals surface area contributed by atoms with Gasteiger partial charge in [-0.05, 0) is 6.42 Å². The highest BCUT2D eigenvalue weighted by Gasteiger charge is 2.47. The molecule has 0 saturated carbocycles. The van der Waals surface area contributed by atoms with E-state index < -0.39 is 23.9 Å². The van der Waals surface area contributed by atoms with Crippen molar-refractivity contribution < 1.29 is 24.6 Å². The summed E-state index contributed by atoms with van der Waals surface area (Å²) in [6.07, 6.45) is 11.4. The van der Waals surface area contributed by atoms with E-state index in [2.05, 4.69) is 6.92 Å². The average Bonchev–Trinajstić information content (AvgIpc) is 2.86. The maximum Gasteiger partial charge on any atom is 0.327 e. The van der Waals surface area contributed by atoms with Gasteiger partial charge in [-0.1, -0.05) is 64.7 Å². The molecule has 24 heavy (non-hydrogen) atoms. The van der Waals surface area contributed by atoms with E-state index in [9.17, 15) is 19.5 Å². The molecule has 138 valence electrons. The molecule has 1 amide bonds. The molecule has 0 bridgehead atoms. The van der Waals surface area contributed by atoms with Crippen LogP contribution in [0.1, 0.15) is 77.6 Å². The third-order valence-electron chi connectivity index (χ3n) is 4.75. The number of carboxylic acid groups (broad SMARTS) is 2. The highest BCUT2D eigenvalue weighted by molar-refractivity contribution is 5.94. The second kappa shape index (κ2) is 11.0.